The Hall–Kier alpha value is -9.95. The van der Waals surface area contributed by atoms with Crippen LogP contribution in [0.25, 0.3) is 65.5 Å². The molecule has 0 amide bonds. The van der Waals surface area contributed by atoms with E-state index in [1.807, 2.05) is 111 Å². The molecule has 7 heterocycles. The smallest absolute Gasteiger partial charge is 0.231 e. The number of aryl methyl sites for hydroxylation is 8. The van der Waals surface area contributed by atoms with Gasteiger partial charge in [0, 0.05) is 87.7 Å². The number of aldehydes is 1. The first-order chi connectivity index (χ1) is 39.1. The minimum Gasteiger partial charge on any atom is -0.497 e. The molecule has 0 saturated carbocycles. The zero-order chi connectivity index (χ0) is 57.6. The standard InChI is InChI=1S/C12H12O.C11H11NO.C10H9NO.C10H11N.C9H9N.C8H8O2.C7H9N5/c1-9-3-4-11-8-12(13-2)6-5-10(11)7-9;1-7-6-12-11-4-3-9(8(2)13)5-10(7)11;1-7-2-3-10-9(4-7)8(6-12)5-11-10;1-8-3-4-10-9(7-8)5-6-11(10)2;1-7-6-10-9-5-3-2-4-8(7)9;1-6-2-3-7-8(4-6)10-5-9-7;1-2-12-4-11-5-6(8)9-3-10-7(5)12/h3-8H,1-2H3;3-6,12H,1-2H3;2-6,11H,1H3;3-7H,1-2H3;2-6,10H,1H3;2-4H,5H2,1H3;3-4H,2H2,1H3,(H2,8,9,10). The number of imidazole rings is 1. The summed E-state index contributed by atoms with van der Waals surface area (Å²) in [6.45, 7) is 17.2. The van der Waals surface area contributed by atoms with Crippen LogP contribution in [0.2, 0.25) is 0 Å². The Balaban J connectivity index is 0.000000124. The van der Waals surface area contributed by atoms with Crippen molar-refractivity contribution in [3.8, 4) is 17.2 Å². The molecule has 0 radical (unpaired) electrons. The minimum absolute atomic E-state index is 0.113. The number of nitrogens with one attached hydrogen (secondary N) is 3. The molecule has 14 rings (SSSR count). The van der Waals surface area contributed by atoms with Crippen LogP contribution in [0, 0.1) is 41.5 Å². The summed E-state index contributed by atoms with van der Waals surface area (Å²) in [4.78, 5) is 43.1. The van der Waals surface area contributed by atoms with E-state index in [-0.39, 0.29) is 5.78 Å². The second-order valence-corrected chi connectivity index (χ2v) is 19.7. The maximum absolute atomic E-state index is 11.1. The molecule has 81 heavy (non-hydrogen) atoms. The number of hydrogen-bond donors (Lipinski definition) is 4. The second kappa shape index (κ2) is 26.6. The van der Waals surface area contributed by atoms with E-state index < -0.39 is 0 Å². The molecule has 0 saturated heterocycles. The number of nitrogens with two attached hydrogens (primary N) is 1. The fourth-order valence-electron chi connectivity index (χ4n) is 9.05. The molecule has 0 atom stereocenters. The molecule has 0 fully saturated rings. The van der Waals surface area contributed by atoms with Crippen molar-refractivity contribution in [2.75, 3.05) is 19.6 Å². The molecular formula is C67H69N9O5. The van der Waals surface area contributed by atoms with Crippen LogP contribution < -0.4 is 19.9 Å². The summed E-state index contributed by atoms with van der Waals surface area (Å²) in [6, 6.07) is 47.1. The number of ether oxygens (including phenoxy) is 3. The van der Waals surface area contributed by atoms with Gasteiger partial charge in [-0.2, -0.15) is 0 Å². The summed E-state index contributed by atoms with van der Waals surface area (Å²) in [5, 5.41) is 7.28. The van der Waals surface area contributed by atoms with Crippen molar-refractivity contribution in [1.82, 2.24) is 39.0 Å². The number of Topliss-reactive ketones (excluding diaryl/α,β-unsaturated/α-hetero) is 1. The molecule has 5 N–H and O–H groups in total. The van der Waals surface area contributed by atoms with Gasteiger partial charge in [0.15, 0.2) is 35.0 Å². The highest BCUT2D eigenvalue weighted by atomic mass is 16.7. The predicted molar refractivity (Wildman–Crippen MR) is 330 cm³/mol. The lowest BCUT2D eigenvalue weighted by atomic mass is 10.1. The van der Waals surface area contributed by atoms with Crippen LogP contribution in [0.4, 0.5) is 5.82 Å². The first kappa shape index (κ1) is 57.2. The molecule has 1 aliphatic heterocycles. The molecule has 0 unspecified atom stereocenters. The normalized spacial score (nSPS) is 10.9. The number of carbonyl (C=O) groups excluding carboxylic acids is 2. The highest BCUT2D eigenvalue weighted by molar-refractivity contribution is 5.99. The van der Waals surface area contributed by atoms with Gasteiger partial charge in [0.1, 0.15) is 17.6 Å². The Morgan fingerprint density at radius 2 is 1.26 bits per heavy atom. The van der Waals surface area contributed by atoms with Gasteiger partial charge in [-0.15, -0.1) is 0 Å². The Morgan fingerprint density at radius 1 is 0.642 bits per heavy atom. The van der Waals surface area contributed by atoms with Gasteiger partial charge in [0.25, 0.3) is 0 Å². The Labute approximate surface area is 471 Å². The van der Waals surface area contributed by atoms with Crippen LogP contribution in [0.1, 0.15) is 67.9 Å². The minimum atomic E-state index is 0.113. The maximum atomic E-state index is 11.1. The maximum Gasteiger partial charge on any atom is 0.231 e. The molecule has 14 heteroatoms. The number of nitrogens with zero attached hydrogens (tertiary/aromatic N) is 5. The summed E-state index contributed by atoms with van der Waals surface area (Å²) < 4.78 is 19.5. The van der Waals surface area contributed by atoms with E-state index in [0.717, 1.165) is 68.7 Å². The molecule has 0 spiro atoms. The summed E-state index contributed by atoms with van der Waals surface area (Å²) in [7, 11) is 3.76. The van der Waals surface area contributed by atoms with Crippen LogP contribution in [-0.2, 0) is 13.6 Å². The van der Waals surface area contributed by atoms with Crippen LogP contribution in [-0.4, -0.2) is 65.0 Å². The second-order valence-electron chi connectivity index (χ2n) is 19.7. The third kappa shape index (κ3) is 14.4. The van der Waals surface area contributed by atoms with E-state index in [1.54, 1.807) is 26.6 Å². The van der Waals surface area contributed by atoms with E-state index in [0.29, 0.717) is 18.1 Å². The Morgan fingerprint density at radius 3 is 2.00 bits per heavy atom. The lowest BCUT2D eigenvalue weighted by molar-refractivity contribution is 0.101. The SMILES string of the molecule is CC(=O)c1ccc2[nH]cc(C)c2c1.CCn1cnc2c(N)ncnc21.COc1ccc2cc(C)ccc2c1.Cc1c[nH]c2ccccc12.Cc1ccc2[nH]cc(C=O)c2c1.Cc1ccc2c(c1)OCO2.Cc1ccc2c(ccn2C)c1. The monoisotopic (exact) mass is 1080 g/mol. The van der Waals surface area contributed by atoms with Gasteiger partial charge in [-0.25, -0.2) is 15.0 Å². The molecule has 7 aromatic carbocycles. The number of rotatable bonds is 4. The number of benzene rings is 7. The number of aromatic nitrogens is 8. The fourth-order valence-corrected chi connectivity index (χ4v) is 9.05. The van der Waals surface area contributed by atoms with Gasteiger partial charge in [0.05, 0.1) is 13.4 Å². The summed E-state index contributed by atoms with van der Waals surface area (Å²) in [5.41, 5.74) is 20.7. The molecule has 412 valence electrons. The van der Waals surface area contributed by atoms with E-state index in [1.165, 1.54) is 72.3 Å². The van der Waals surface area contributed by atoms with Gasteiger partial charge in [0.2, 0.25) is 6.79 Å². The van der Waals surface area contributed by atoms with Gasteiger partial charge in [-0.3, -0.25) is 9.59 Å². The zero-order valence-corrected chi connectivity index (χ0v) is 47.6. The van der Waals surface area contributed by atoms with Crippen molar-refractivity contribution in [1.29, 1.82) is 0 Å². The number of para-hydroxylation sites is 1. The average molecular weight is 1080 g/mol. The zero-order valence-electron chi connectivity index (χ0n) is 47.6. The quantitative estimate of drug-likeness (QED) is 0.0984. The van der Waals surface area contributed by atoms with Gasteiger partial charge < -0.3 is 44.0 Å². The lowest BCUT2D eigenvalue weighted by Crippen LogP contribution is -1.96. The highest BCUT2D eigenvalue weighted by Gasteiger charge is 2.12. The van der Waals surface area contributed by atoms with Crippen molar-refractivity contribution in [2.24, 2.45) is 7.05 Å². The van der Waals surface area contributed by atoms with E-state index in [4.69, 9.17) is 19.9 Å². The average Bonchev–Trinajstić information content (AvgIpc) is 4.42. The van der Waals surface area contributed by atoms with E-state index in [9.17, 15) is 9.59 Å². The third-order valence-electron chi connectivity index (χ3n) is 13.6. The fraction of sp³-hybridized carbons (Fsp3) is 0.179. The predicted octanol–water partition coefficient (Wildman–Crippen LogP) is 15.2. The number of hydrogen-bond acceptors (Lipinski definition) is 9. The van der Waals surface area contributed by atoms with Crippen LogP contribution in [0.15, 0.2) is 177 Å². The van der Waals surface area contributed by atoms with Crippen molar-refractivity contribution in [2.45, 2.75) is 61.9 Å². The van der Waals surface area contributed by atoms with Crippen molar-refractivity contribution in [3.63, 3.8) is 0 Å². The first-order valence-corrected chi connectivity index (χ1v) is 26.6. The molecule has 1 aliphatic rings. The van der Waals surface area contributed by atoms with Gasteiger partial charge >= 0.3 is 0 Å². The molecule has 6 aromatic heterocycles. The van der Waals surface area contributed by atoms with E-state index in [2.05, 4.69) is 141 Å². The van der Waals surface area contributed by atoms with E-state index >= 15 is 0 Å². The summed E-state index contributed by atoms with van der Waals surface area (Å²) >= 11 is 0. The number of ketones is 1. The number of aromatic amines is 3. The van der Waals surface area contributed by atoms with Crippen molar-refractivity contribution >= 4 is 83.4 Å². The van der Waals surface area contributed by atoms with Crippen LogP contribution in [0.3, 0.4) is 0 Å². The first-order valence-electron chi connectivity index (χ1n) is 26.6. The number of H-pyrrole nitrogens is 3. The lowest BCUT2D eigenvalue weighted by Gasteiger charge is -2.02. The third-order valence-corrected chi connectivity index (χ3v) is 13.6. The largest absolute Gasteiger partial charge is 0.497 e. The summed E-state index contributed by atoms with van der Waals surface area (Å²) in [5.74, 6) is 3.18. The molecular weight excluding hydrogens is 1010 g/mol. The van der Waals surface area contributed by atoms with Crippen molar-refractivity contribution in [3.05, 3.63) is 221 Å². The molecule has 0 bridgehead atoms. The van der Waals surface area contributed by atoms with Crippen LogP contribution >= 0.6 is 0 Å². The molecule has 14 nitrogen and oxygen atoms in total. The number of anilines is 1. The van der Waals surface area contributed by atoms with Gasteiger partial charge in [-0.1, -0.05) is 77.4 Å². The molecule has 0 aliphatic carbocycles. The van der Waals surface area contributed by atoms with Gasteiger partial charge in [-0.05, 0) is 167 Å². The molecule has 13 aromatic rings. The number of methoxy groups -OCH3 is 1. The van der Waals surface area contributed by atoms with Crippen molar-refractivity contribution < 1.29 is 23.8 Å². The number of carbonyl (C=O) groups is 2. The topological polar surface area (TPSA) is 184 Å². The number of nitrogen functional groups attached to an aromatic ring is 1. The highest BCUT2D eigenvalue weighted by Crippen LogP contribution is 2.32. The Kier molecular flexibility index (Phi) is 18.8. The summed E-state index contributed by atoms with van der Waals surface area (Å²) in [6.07, 6.45) is 11.8. The number of fused-ring (bicyclic) bond motifs is 7. The Bertz CT molecular complexity index is 4250. The van der Waals surface area contributed by atoms with Crippen LogP contribution in [0.5, 0.6) is 17.2 Å².